The zero-order valence-corrected chi connectivity index (χ0v) is 10.3. The predicted molar refractivity (Wildman–Crippen MR) is 57.4 cm³/mol. The highest BCUT2D eigenvalue weighted by atomic mass is 35.5. The molecule has 1 aromatic heterocycles. The summed E-state index contributed by atoms with van der Waals surface area (Å²) in [5, 5.41) is 11.9. The van der Waals surface area contributed by atoms with Gasteiger partial charge >= 0.3 is 0 Å². The van der Waals surface area contributed by atoms with Crippen LogP contribution >= 0.6 is 24.2 Å². The van der Waals surface area contributed by atoms with Crippen molar-refractivity contribution in [3.63, 3.8) is 0 Å². The Morgan fingerprint density at radius 1 is 1.75 bits per heavy atom. The lowest BCUT2D eigenvalue weighted by atomic mass is 10.3. The van der Waals surface area contributed by atoms with E-state index in [4.69, 9.17) is 15.3 Å². The van der Waals surface area contributed by atoms with Crippen LogP contribution < -0.4 is 20.8 Å². The first-order chi connectivity index (χ1) is 7.25. The number of thioether (sulfide) groups is 1. The minimum atomic E-state index is -0.0399. The number of nitrogens with one attached hydrogen (secondary N) is 1. The van der Waals surface area contributed by atoms with Crippen LogP contribution in [0.25, 0.3) is 0 Å². The number of hydroxylamine groups is 1. The number of nitrogens with zero attached hydrogens (tertiary/aromatic N) is 3. The Balaban J connectivity index is 0.00000128. The van der Waals surface area contributed by atoms with Gasteiger partial charge in [-0.05, 0) is 17.4 Å². The minimum Gasteiger partial charge on any atom is -0.380 e. The molecule has 0 radical (unpaired) electrons. The van der Waals surface area contributed by atoms with E-state index in [1.54, 1.807) is 7.05 Å². The van der Waals surface area contributed by atoms with Crippen molar-refractivity contribution >= 4 is 24.2 Å². The lowest BCUT2D eigenvalue weighted by molar-refractivity contribution is -0.810. The Kier molecular flexibility index (Phi) is 5.13. The summed E-state index contributed by atoms with van der Waals surface area (Å²) in [5.41, 5.74) is -0.0399. The third-order valence-electron chi connectivity index (χ3n) is 1.92. The number of halogens is 1. The van der Waals surface area contributed by atoms with Crippen molar-refractivity contribution in [1.82, 2.24) is 5.27 Å². The topological polar surface area (TPSA) is 76.7 Å². The molecular formula is C7H13ClN4O3S. The van der Waals surface area contributed by atoms with Crippen molar-refractivity contribution in [2.45, 2.75) is 12.5 Å². The third kappa shape index (κ3) is 3.41. The van der Waals surface area contributed by atoms with Gasteiger partial charge in [-0.3, -0.25) is 5.41 Å². The van der Waals surface area contributed by atoms with Gasteiger partial charge in [0.1, 0.15) is 6.10 Å². The molecule has 0 spiro atoms. The zero-order valence-electron chi connectivity index (χ0n) is 8.66. The molecule has 0 aliphatic carbocycles. The molecule has 0 saturated carbocycles. The predicted octanol–water partition coefficient (Wildman–Crippen LogP) is -0.638. The van der Waals surface area contributed by atoms with Crippen LogP contribution in [0.5, 0.6) is 0 Å². The monoisotopic (exact) mass is 268 g/mol. The van der Waals surface area contributed by atoms with Crippen molar-refractivity contribution in [3.05, 3.63) is 11.8 Å². The van der Waals surface area contributed by atoms with Crippen LogP contribution in [0.2, 0.25) is 0 Å². The van der Waals surface area contributed by atoms with Gasteiger partial charge in [0.05, 0.1) is 0 Å². The summed E-state index contributed by atoms with van der Waals surface area (Å²) in [6.45, 7) is 0. The molecule has 1 N–H and O–H groups in total. The van der Waals surface area contributed by atoms with Crippen LogP contribution in [0.3, 0.4) is 0 Å². The fourth-order valence-corrected chi connectivity index (χ4v) is 2.20. The summed E-state index contributed by atoms with van der Waals surface area (Å²) in [7, 11) is 1.62. The molecule has 2 heterocycles. The number of hydrogen-bond donors (Lipinski definition) is 1. The second-order valence-electron chi connectivity index (χ2n) is 3.11. The molecule has 1 unspecified atom stereocenters. The normalized spacial score (nSPS) is 19.4. The van der Waals surface area contributed by atoms with Crippen LogP contribution in [0.15, 0.2) is 10.7 Å². The minimum absolute atomic E-state index is 0. The van der Waals surface area contributed by atoms with Crippen LogP contribution in [0, 0.1) is 5.41 Å². The second-order valence-corrected chi connectivity index (χ2v) is 4.26. The highest BCUT2D eigenvalue weighted by Gasteiger charge is 2.18. The maximum atomic E-state index is 7.13. The molecule has 0 bridgehead atoms. The fraction of sp³-hybridized carbons (Fsp3) is 0.714. The van der Waals surface area contributed by atoms with E-state index in [0.717, 1.165) is 17.9 Å². The van der Waals surface area contributed by atoms with Crippen LogP contribution in [0.4, 0.5) is 0 Å². The molecule has 16 heavy (non-hydrogen) atoms. The van der Waals surface area contributed by atoms with Gasteiger partial charge in [-0.2, -0.15) is 11.8 Å². The summed E-state index contributed by atoms with van der Waals surface area (Å²) < 4.78 is 4.56. The van der Waals surface area contributed by atoms with Crippen molar-refractivity contribution < 1.29 is 19.2 Å². The first kappa shape index (κ1) is 13.4. The summed E-state index contributed by atoms with van der Waals surface area (Å²) >= 11 is 1.84. The lowest BCUT2D eigenvalue weighted by Gasteiger charge is -2.17. The molecule has 9 heteroatoms. The molecule has 1 atom stereocenters. The number of aromatic nitrogens is 2. The SMILES string of the molecule is CN(OOC1CCSC1)[n+]1cc(=N)o[n-]1.Cl. The number of rotatable bonds is 4. The van der Waals surface area contributed by atoms with E-state index in [0.29, 0.717) is 0 Å². The van der Waals surface area contributed by atoms with Gasteiger partial charge < -0.3 is 4.52 Å². The molecule has 1 aliphatic heterocycles. The highest BCUT2D eigenvalue weighted by Crippen LogP contribution is 2.19. The lowest BCUT2D eigenvalue weighted by Crippen LogP contribution is -2.57. The first-order valence-electron chi connectivity index (χ1n) is 4.51. The smallest absolute Gasteiger partial charge is 0.286 e. The van der Waals surface area contributed by atoms with E-state index in [1.165, 1.54) is 16.2 Å². The molecule has 7 nitrogen and oxygen atoms in total. The van der Waals surface area contributed by atoms with E-state index in [-0.39, 0.29) is 24.1 Å². The molecule has 0 aromatic carbocycles. The van der Waals surface area contributed by atoms with Crippen molar-refractivity contribution in [1.29, 1.82) is 5.41 Å². The Morgan fingerprint density at radius 2 is 2.56 bits per heavy atom. The van der Waals surface area contributed by atoms with E-state index in [2.05, 4.69) is 9.79 Å². The van der Waals surface area contributed by atoms with Crippen molar-refractivity contribution in [3.8, 4) is 0 Å². The molecule has 0 amide bonds. The van der Waals surface area contributed by atoms with Gasteiger partial charge in [0, 0.05) is 12.8 Å². The van der Waals surface area contributed by atoms with Gasteiger partial charge in [-0.25, -0.2) is 4.89 Å². The second kappa shape index (κ2) is 6.14. The highest BCUT2D eigenvalue weighted by molar-refractivity contribution is 7.99. The quantitative estimate of drug-likeness (QED) is 0.445. The van der Waals surface area contributed by atoms with Gasteiger partial charge in [0.15, 0.2) is 0 Å². The zero-order chi connectivity index (χ0) is 10.7. The Hall–Kier alpha value is -0.700. The molecule has 92 valence electrons. The van der Waals surface area contributed by atoms with Gasteiger partial charge in [-0.15, -0.1) is 22.6 Å². The number of hydrogen-bond acceptors (Lipinski definition) is 6. The molecule has 1 aliphatic rings. The average molecular weight is 269 g/mol. The van der Waals surface area contributed by atoms with Crippen molar-refractivity contribution in [2.75, 3.05) is 23.7 Å². The maximum Gasteiger partial charge on any atom is 0.286 e. The molecule has 1 fully saturated rings. The van der Waals surface area contributed by atoms with Crippen LogP contribution in [-0.4, -0.2) is 24.7 Å². The average Bonchev–Trinajstić information content (AvgIpc) is 2.84. The van der Waals surface area contributed by atoms with Gasteiger partial charge in [0.25, 0.3) is 11.8 Å². The Morgan fingerprint density at radius 3 is 3.12 bits per heavy atom. The molecule has 1 saturated heterocycles. The van der Waals surface area contributed by atoms with E-state index < -0.39 is 0 Å². The van der Waals surface area contributed by atoms with Crippen molar-refractivity contribution in [2.24, 2.45) is 0 Å². The van der Waals surface area contributed by atoms with Gasteiger partial charge in [0.2, 0.25) is 0 Å². The Bertz CT molecular complexity index is 365. The van der Waals surface area contributed by atoms with E-state index >= 15 is 0 Å². The standard InChI is InChI=1S/C7H12N4O3S.ClH/c1-10(11-4-7(8)12-9-11)14-13-6-2-3-15-5-6;/h4,6,8H,2-3,5H2,1H3;1H. The summed E-state index contributed by atoms with van der Waals surface area (Å²) in [5.74, 6) is 2.05. The Labute approximate surface area is 102 Å². The molecule has 1 aromatic rings. The molecule has 2 rings (SSSR count). The largest absolute Gasteiger partial charge is 0.380 e. The van der Waals surface area contributed by atoms with Gasteiger partial charge in [-0.1, -0.05) is 4.79 Å². The summed E-state index contributed by atoms with van der Waals surface area (Å²) in [6, 6.07) is 0. The fourth-order valence-electron chi connectivity index (χ4n) is 1.12. The van der Waals surface area contributed by atoms with E-state index in [1.807, 2.05) is 11.8 Å². The van der Waals surface area contributed by atoms with Crippen LogP contribution in [-0.2, 0) is 9.88 Å². The first-order valence-corrected chi connectivity index (χ1v) is 5.66. The third-order valence-corrected chi connectivity index (χ3v) is 3.05. The van der Waals surface area contributed by atoms with Crippen LogP contribution in [0.1, 0.15) is 6.42 Å². The maximum absolute atomic E-state index is 7.13. The summed E-state index contributed by atoms with van der Waals surface area (Å²) in [6.07, 6.45) is 2.48. The summed E-state index contributed by atoms with van der Waals surface area (Å²) in [4.78, 5) is 11.4. The van der Waals surface area contributed by atoms with E-state index in [9.17, 15) is 0 Å². The molecular weight excluding hydrogens is 256 g/mol.